The minimum atomic E-state index is -0.130. The van der Waals surface area contributed by atoms with Gasteiger partial charge in [-0.1, -0.05) is 202 Å². The van der Waals surface area contributed by atoms with Crippen molar-refractivity contribution in [2.75, 3.05) is 0 Å². The van der Waals surface area contributed by atoms with Crippen LogP contribution in [0.1, 0.15) is 25.0 Å². The molecule has 0 aliphatic heterocycles. The number of fused-ring (bicyclic) bond motifs is 1. The molecule has 11 rings (SSSR count). The summed E-state index contributed by atoms with van der Waals surface area (Å²) in [5.41, 5.74) is 17.9. The molecule has 0 saturated heterocycles. The highest BCUT2D eigenvalue weighted by atomic mass is 16.3. The van der Waals surface area contributed by atoms with Crippen molar-refractivity contribution in [1.29, 1.82) is 0 Å². The Morgan fingerprint density at radius 2 is 0.910 bits per heavy atom. The fourth-order valence-electron chi connectivity index (χ4n) is 9.46. The molecule has 11 aromatic rings. The molecule has 0 spiro atoms. The molecule has 67 heavy (non-hydrogen) atoms. The molecular weight excluding hydrogens is 815 g/mol. The van der Waals surface area contributed by atoms with Gasteiger partial charge in [0.25, 0.3) is 0 Å². The van der Waals surface area contributed by atoms with Gasteiger partial charge in [0.15, 0.2) is 0 Å². The zero-order valence-electron chi connectivity index (χ0n) is 37.4. The third kappa shape index (κ3) is 7.79. The van der Waals surface area contributed by atoms with Crippen LogP contribution in [-0.4, -0.2) is 19.6 Å². The van der Waals surface area contributed by atoms with E-state index in [1.54, 1.807) is 0 Å². The van der Waals surface area contributed by atoms with Crippen LogP contribution in [0.15, 0.2) is 243 Å². The Hall–Kier alpha value is -8.60. The normalized spacial score (nSPS) is 11.5. The van der Waals surface area contributed by atoms with E-state index in [0.29, 0.717) is 11.4 Å². The highest BCUT2D eigenvalue weighted by molar-refractivity contribution is 5.99. The van der Waals surface area contributed by atoms with Crippen LogP contribution in [0.2, 0.25) is 0 Å². The molecule has 0 fully saturated rings. The first kappa shape index (κ1) is 41.1. The molecule has 1 N–H and O–H groups in total. The smallest absolute Gasteiger partial charge is 0.149 e. The Kier molecular flexibility index (Phi) is 10.7. The lowest BCUT2D eigenvalue weighted by molar-refractivity contribution is 0.479. The molecule has 0 unspecified atom stereocenters. The fraction of sp³-hybridized carbons (Fsp3) is 0.0476. The van der Waals surface area contributed by atoms with E-state index in [2.05, 4.69) is 200 Å². The third-order valence-electron chi connectivity index (χ3n) is 13.1. The summed E-state index contributed by atoms with van der Waals surface area (Å²) < 4.78 is 2.21. The molecule has 0 saturated carbocycles. The summed E-state index contributed by atoms with van der Waals surface area (Å²) in [6.45, 7) is 4.56. The molecule has 0 radical (unpaired) electrons. The number of hydrogen-bond acceptors (Lipinski definition) is 3. The van der Waals surface area contributed by atoms with E-state index in [1.807, 2.05) is 60.8 Å². The predicted octanol–water partition coefficient (Wildman–Crippen LogP) is 16.1. The molecule has 4 heteroatoms. The van der Waals surface area contributed by atoms with Crippen molar-refractivity contribution in [2.24, 2.45) is 0 Å². The van der Waals surface area contributed by atoms with E-state index < -0.39 is 0 Å². The van der Waals surface area contributed by atoms with E-state index in [-0.39, 0.29) is 11.2 Å². The molecule has 4 nitrogen and oxygen atoms in total. The SMILES string of the molecule is CC(C)(c1ccccc1)c1ccc(-c2ccnc(-c3cc(-c4ccccc4)cc(-c4cccc5c4nc(-c4cccc(-c6ccccc6)c4O)n5-c4ccccc4-c4ccccc4)c3)c2)cc1. The van der Waals surface area contributed by atoms with E-state index in [0.717, 1.165) is 83.6 Å². The Bertz CT molecular complexity index is 3520. The molecule has 9 aromatic carbocycles. The van der Waals surface area contributed by atoms with E-state index >= 15 is 0 Å². The van der Waals surface area contributed by atoms with Crippen molar-refractivity contribution in [3.63, 3.8) is 0 Å². The standard InChI is InChI=1S/C63H47N3O/c1-63(2,51-25-13-6-14-26-51)52-35-33-44(34-36-52)47-37-38-64-57(42-47)50-40-48(43-19-7-3-8-20-43)39-49(41-50)54-28-18-32-59-60(54)65-62(56-30-17-29-55(61(56)67)46-23-11-5-12-24-46)66(59)58-31-16-15-27-53(58)45-21-9-4-10-22-45/h3-42,67H,1-2H3. The summed E-state index contributed by atoms with van der Waals surface area (Å²) in [5, 5.41) is 12.2. The molecule has 0 atom stereocenters. The van der Waals surface area contributed by atoms with Gasteiger partial charge in [-0.25, -0.2) is 4.98 Å². The molecular formula is C63H47N3O. The third-order valence-corrected chi connectivity index (χ3v) is 13.1. The summed E-state index contributed by atoms with van der Waals surface area (Å²) >= 11 is 0. The molecule has 0 amide bonds. The van der Waals surface area contributed by atoms with Crippen LogP contribution < -0.4 is 0 Å². The van der Waals surface area contributed by atoms with Crippen LogP contribution >= 0.6 is 0 Å². The number of nitrogens with zero attached hydrogens (tertiary/aromatic N) is 3. The van der Waals surface area contributed by atoms with Crippen molar-refractivity contribution in [2.45, 2.75) is 19.3 Å². The Labute approximate surface area is 391 Å². The van der Waals surface area contributed by atoms with E-state index in [1.165, 1.54) is 11.1 Å². The van der Waals surface area contributed by atoms with E-state index in [9.17, 15) is 5.11 Å². The lowest BCUT2D eigenvalue weighted by Crippen LogP contribution is -2.18. The summed E-state index contributed by atoms with van der Waals surface area (Å²) in [5.74, 6) is 0.825. The van der Waals surface area contributed by atoms with Crippen molar-refractivity contribution in [1.82, 2.24) is 14.5 Å². The van der Waals surface area contributed by atoms with Gasteiger partial charge in [-0.05, 0) is 98.6 Å². The molecule has 2 heterocycles. The number of pyridine rings is 1. The van der Waals surface area contributed by atoms with Crippen molar-refractivity contribution in [3.05, 3.63) is 254 Å². The van der Waals surface area contributed by atoms with Gasteiger partial charge in [0, 0.05) is 33.9 Å². The van der Waals surface area contributed by atoms with Gasteiger partial charge < -0.3 is 5.11 Å². The Balaban J connectivity index is 1.09. The van der Waals surface area contributed by atoms with Crippen LogP contribution in [0.4, 0.5) is 0 Å². The van der Waals surface area contributed by atoms with Crippen LogP contribution in [0.5, 0.6) is 5.75 Å². The quantitative estimate of drug-likeness (QED) is 0.149. The Morgan fingerprint density at radius 1 is 0.388 bits per heavy atom. The number of para-hydroxylation sites is 3. The molecule has 0 bridgehead atoms. The first-order valence-electron chi connectivity index (χ1n) is 22.8. The number of aromatic hydroxyl groups is 1. The number of rotatable bonds is 10. The highest BCUT2D eigenvalue weighted by Gasteiger charge is 2.25. The first-order valence-corrected chi connectivity index (χ1v) is 22.8. The predicted molar refractivity (Wildman–Crippen MR) is 277 cm³/mol. The number of hydrogen-bond donors (Lipinski definition) is 1. The highest BCUT2D eigenvalue weighted by Crippen LogP contribution is 2.44. The average Bonchev–Trinajstić information content (AvgIpc) is 3.79. The van der Waals surface area contributed by atoms with Crippen LogP contribution in [0.25, 0.3) is 95.0 Å². The average molecular weight is 862 g/mol. The summed E-state index contributed by atoms with van der Waals surface area (Å²) in [6.07, 6.45) is 1.91. The largest absolute Gasteiger partial charge is 0.507 e. The second-order valence-corrected chi connectivity index (χ2v) is 17.6. The topological polar surface area (TPSA) is 50.9 Å². The van der Waals surface area contributed by atoms with Gasteiger partial charge in [0.1, 0.15) is 11.6 Å². The second kappa shape index (κ2) is 17.4. The van der Waals surface area contributed by atoms with Gasteiger partial charge in [0.05, 0.1) is 28.0 Å². The number of aromatic nitrogens is 3. The van der Waals surface area contributed by atoms with Gasteiger partial charge >= 0.3 is 0 Å². The molecule has 0 aliphatic rings. The van der Waals surface area contributed by atoms with Crippen molar-refractivity contribution < 1.29 is 5.11 Å². The zero-order chi connectivity index (χ0) is 45.3. The number of benzene rings is 9. The summed E-state index contributed by atoms with van der Waals surface area (Å²) in [6, 6.07) is 82.4. The van der Waals surface area contributed by atoms with Crippen LogP contribution in [0, 0.1) is 0 Å². The van der Waals surface area contributed by atoms with Gasteiger partial charge in [-0.3, -0.25) is 9.55 Å². The lowest BCUT2D eigenvalue weighted by Gasteiger charge is -2.26. The van der Waals surface area contributed by atoms with Gasteiger partial charge in [-0.2, -0.15) is 0 Å². The van der Waals surface area contributed by atoms with Gasteiger partial charge in [0.2, 0.25) is 0 Å². The minimum Gasteiger partial charge on any atom is -0.507 e. The number of phenols is 1. The monoisotopic (exact) mass is 861 g/mol. The first-order chi connectivity index (χ1) is 32.9. The lowest BCUT2D eigenvalue weighted by atomic mass is 9.78. The zero-order valence-corrected chi connectivity index (χ0v) is 37.4. The van der Waals surface area contributed by atoms with Crippen molar-refractivity contribution >= 4 is 11.0 Å². The number of phenolic OH excluding ortho intramolecular Hbond substituents is 1. The summed E-state index contributed by atoms with van der Waals surface area (Å²) in [4.78, 5) is 10.6. The maximum absolute atomic E-state index is 12.2. The molecule has 320 valence electrons. The fourth-order valence-corrected chi connectivity index (χ4v) is 9.46. The van der Waals surface area contributed by atoms with Crippen LogP contribution in [-0.2, 0) is 5.41 Å². The number of imidazole rings is 1. The minimum absolute atomic E-state index is 0.130. The maximum atomic E-state index is 12.2. The van der Waals surface area contributed by atoms with Gasteiger partial charge in [-0.15, -0.1) is 0 Å². The molecule has 0 aliphatic carbocycles. The van der Waals surface area contributed by atoms with Crippen molar-refractivity contribution in [3.8, 4) is 89.7 Å². The van der Waals surface area contributed by atoms with Crippen LogP contribution in [0.3, 0.4) is 0 Å². The Morgan fingerprint density at radius 3 is 1.63 bits per heavy atom. The second-order valence-electron chi connectivity index (χ2n) is 17.6. The maximum Gasteiger partial charge on any atom is 0.149 e. The summed E-state index contributed by atoms with van der Waals surface area (Å²) in [7, 11) is 0. The van der Waals surface area contributed by atoms with E-state index in [4.69, 9.17) is 9.97 Å². The molecule has 2 aromatic heterocycles.